The van der Waals surface area contributed by atoms with Crippen LogP contribution in [0, 0.1) is 11.8 Å². The SMILES string of the molecule is O=C(CCC(F)(F)F)NC(c1cnn2cc([C@@H](NC(=O)c3nonc3OCCF)C3CCC(F)(F)CC3)nc2c1)C1CC1. The number of nitrogens with one attached hydrogen (secondary N) is 2. The molecule has 2 aliphatic rings. The minimum atomic E-state index is -4.45. The highest BCUT2D eigenvalue weighted by Gasteiger charge is 2.40. The number of alkyl halides is 6. The van der Waals surface area contributed by atoms with Crippen molar-refractivity contribution in [3.8, 4) is 5.88 Å². The molecule has 1 unspecified atom stereocenters. The van der Waals surface area contributed by atoms with Crippen LogP contribution >= 0.6 is 0 Å². The minimum absolute atomic E-state index is 0.0364. The first-order valence-corrected chi connectivity index (χ1v) is 13.8. The highest BCUT2D eigenvalue weighted by molar-refractivity contribution is 5.94. The number of hydrogen-bond acceptors (Lipinski definition) is 8. The molecule has 0 saturated heterocycles. The molecule has 3 aromatic rings. The number of rotatable bonds is 12. The zero-order valence-electron chi connectivity index (χ0n) is 22.7. The van der Waals surface area contributed by atoms with E-state index in [0.717, 1.165) is 12.8 Å². The van der Waals surface area contributed by atoms with Crippen molar-refractivity contribution in [1.82, 2.24) is 35.5 Å². The average molecular weight is 618 g/mol. The standard InChI is InChI=1S/C26H29F6N7O4/c27-9-10-42-24-22(37-43-38-24)23(41)36-21(15-3-6-25(28,29)7-4-15)17-13-39-18(34-17)11-16(12-33-39)20(14-1-2-14)35-19(40)5-8-26(30,31)32/h11-15,20-21H,1-10H2,(H,35,40)(H,36,41)/t20?,21-/m0/s1. The van der Waals surface area contributed by atoms with E-state index in [1.54, 1.807) is 6.07 Å². The topological polar surface area (TPSA) is 137 Å². The molecule has 2 N–H and O–H groups in total. The van der Waals surface area contributed by atoms with Gasteiger partial charge < -0.3 is 15.4 Å². The van der Waals surface area contributed by atoms with Gasteiger partial charge in [0, 0.05) is 19.3 Å². The van der Waals surface area contributed by atoms with Crippen molar-refractivity contribution in [2.75, 3.05) is 13.3 Å². The second kappa shape index (κ2) is 12.4. The highest BCUT2D eigenvalue weighted by Crippen LogP contribution is 2.43. The fraction of sp³-hybridized carbons (Fsp3) is 0.615. The molecular weight excluding hydrogens is 588 g/mol. The maximum atomic E-state index is 14.0. The van der Waals surface area contributed by atoms with Crippen molar-refractivity contribution in [3.05, 3.63) is 35.4 Å². The lowest BCUT2D eigenvalue weighted by molar-refractivity contribution is -0.144. The Hall–Kier alpha value is -3.92. The smallest absolute Gasteiger partial charge is 0.389 e. The van der Waals surface area contributed by atoms with Gasteiger partial charge in [0.05, 0.1) is 36.6 Å². The summed E-state index contributed by atoms with van der Waals surface area (Å²) in [5.41, 5.74) is 0.831. The van der Waals surface area contributed by atoms with E-state index in [4.69, 9.17) is 4.74 Å². The van der Waals surface area contributed by atoms with Crippen molar-refractivity contribution >= 4 is 17.5 Å². The quantitative estimate of drug-likeness (QED) is 0.280. The van der Waals surface area contributed by atoms with Crippen LogP contribution in [-0.2, 0) is 4.79 Å². The number of halogens is 6. The number of ether oxygens (including phenoxy) is 1. The molecule has 0 aliphatic heterocycles. The number of nitrogens with zero attached hydrogens (tertiary/aromatic N) is 5. The van der Waals surface area contributed by atoms with Gasteiger partial charge in [0.1, 0.15) is 13.3 Å². The predicted octanol–water partition coefficient (Wildman–Crippen LogP) is 4.67. The molecule has 2 aliphatic carbocycles. The zero-order valence-corrected chi connectivity index (χ0v) is 22.7. The van der Waals surface area contributed by atoms with Crippen LogP contribution in [-0.4, -0.2) is 62.1 Å². The van der Waals surface area contributed by atoms with Gasteiger partial charge in [-0.25, -0.2) is 27.3 Å². The maximum absolute atomic E-state index is 14.0. The van der Waals surface area contributed by atoms with Gasteiger partial charge in [0.15, 0.2) is 5.65 Å². The molecule has 3 aromatic heterocycles. The van der Waals surface area contributed by atoms with Crippen LogP contribution < -0.4 is 15.4 Å². The van der Waals surface area contributed by atoms with E-state index in [9.17, 15) is 35.9 Å². The molecule has 0 radical (unpaired) electrons. The van der Waals surface area contributed by atoms with Gasteiger partial charge in [0.25, 0.3) is 11.8 Å². The van der Waals surface area contributed by atoms with E-state index in [2.05, 4.69) is 35.7 Å². The van der Waals surface area contributed by atoms with E-state index >= 15 is 0 Å². The van der Waals surface area contributed by atoms with E-state index < -0.39 is 61.4 Å². The summed E-state index contributed by atoms with van der Waals surface area (Å²) in [4.78, 5) is 30.0. The molecule has 0 bridgehead atoms. The number of carbonyl (C=O) groups is 2. The maximum Gasteiger partial charge on any atom is 0.389 e. The third kappa shape index (κ3) is 7.73. The first-order valence-electron chi connectivity index (χ1n) is 13.8. The normalized spacial score (nSPS) is 18.7. The summed E-state index contributed by atoms with van der Waals surface area (Å²) in [6.07, 6.45) is -2.40. The molecule has 17 heteroatoms. The van der Waals surface area contributed by atoms with Crippen LogP contribution in [0.1, 0.15) is 85.2 Å². The number of imidazole rings is 1. The summed E-state index contributed by atoms with van der Waals surface area (Å²) >= 11 is 0. The lowest BCUT2D eigenvalue weighted by atomic mass is 9.81. The van der Waals surface area contributed by atoms with Crippen molar-refractivity contribution in [3.63, 3.8) is 0 Å². The summed E-state index contributed by atoms with van der Waals surface area (Å²) in [6, 6.07) is 0.222. The van der Waals surface area contributed by atoms with Gasteiger partial charge in [-0.1, -0.05) is 0 Å². The van der Waals surface area contributed by atoms with E-state index in [1.165, 1.54) is 16.9 Å². The number of fused-ring (bicyclic) bond motifs is 1. The Morgan fingerprint density at radius 3 is 2.49 bits per heavy atom. The number of carbonyl (C=O) groups excluding carboxylic acids is 2. The largest absolute Gasteiger partial charge is 0.471 e. The fourth-order valence-electron chi connectivity index (χ4n) is 5.22. The fourth-order valence-corrected chi connectivity index (χ4v) is 5.22. The second-order valence-electron chi connectivity index (χ2n) is 10.9. The zero-order chi connectivity index (χ0) is 30.8. The summed E-state index contributed by atoms with van der Waals surface area (Å²) < 4.78 is 89.4. The molecule has 11 nitrogen and oxygen atoms in total. The van der Waals surface area contributed by atoms with Gasteiger partial charge in [-0.15, -0.1) is 0 Å². The number of amides is 2. The van der Waals surface area contributed by atoms with Crippen LogP contribution in [0.2, 0.25) is 0 Å². The van der Waals surface area contributed by atoms with Crippen LogP contribution in [0.3, 0.4) is 0 Å². The molecule has 2 fully saturated rings. The van der Waals surface area contributed by atoms with Gasteiger partial charge >= 0.3 is 6.18 Å². The lowest BCUT2D eigenvalue weighted by Gasteiger charge is -2.33. The first-order chi connectivity index (χ1) is 20.4. The van der Waals surface area contributed by atoms with Crippen molar-refractivity contribution in [2.24, 2.45) is 11.8 Å². The minimum Gasteiger partial charge on any atom is -0.471 e. The third-order valence-corrected chi connectivity index (χ3v) is 7.59. The molecule has 5 rings (SSSR count). The predicted molar refractivity (Wildman–Crippen MR) is 135 cm³/mol. The Labute approximate surface area is 240 Å². The van der Waals surface area contributed by atoms with Crippen molar-refractivity contribution in [1.29, 1.82) is 0 Å². The Kier molecular flexibility index (Phi) is 8.78. The Bertz CT molecular complexity index is 1430. The molecule has 2 amide bonds. The van der Waals surface area contributed by atoms with Crippen LogP contribution in [0.25, 0.3) is 5.65 Å². The number of aromatic nitrogens is 5. The van der Waals surface area contributed by atoms with Gasteiger partial charge in [-0.2, -0.15) is 18.3 Å². The highest BCUT2D eigenvalue weighted by atomic mass is 19.4. The Balaban J connectivity index is 1.39. The van der Waals surface area contributed by atoms with Gasteiger partial charge in [-0.3, -0.25) is 9.59 Å². The molecule has 0 spiro atoms. The van der Waals surface area contributed by atoms with Gasteiger partial charge in [-0.05, 0) is 59.5 Å². The molecular formula is C26H29F6N7O4. The Morgan fingerprint density at radius 2 is 1.81 bits per heavy atom. The van der Waals surface area contributed by atoms with Crippen LogP contribution in [0.15, 0.2) is 23.1 Å². The second-order valence-corrected chi connectivity index (χ2v) is 10.9. The molecule has 43 heavy (non-hydrogen) atoms. The Morgan fingerprint density at radius 1 is 1.09 bits per heavy atom. The third-order valence-electron chi connectivity index (χ3n) is 7.59. The molecule has 234 valence electrons. The van der Waals surface area contributed by atoms with Gasteiger partial charge in [0.2, 0.25) is 17.5 Å². The molecule has 2 atom stereocenters. The molecule has 2 saturated carbocycles. The van der Waals surface area contributed by atoms with Crippen LogP contribution in [0.4, 0.5) is 26.3 Å². The lowest BCUT2D eigenvalue weighted by Crippen LogP contribution is -2.37. The first kappa shape index (κ1) is 30.5. The van der Waals surface area contributed by atoms with Crippen molar-refractivity contribution in [2.45, 2.75) is 75.5 Å². The average Bonchev–Trinajstić information content (AvgIpc) is 3.53. The van der Waals surface area contributed by atoms with E-state index in [1.807, 2.05) is 0 Å². The molecule has 0 aromatic carbocycles. The summed E-state index contributed by atoms with van der Waals surface area (Å²) in [5.74, 6) is -5.07. The summed E-state index contributed by atoms with van der Waals surface area (Å²) in [5, 5.41) is 16.8. The van der Waals surface area contributed by atoms with Crippen molar-refractivity contribution < 1.29 is 45.3 Å². The van der Waals surface area contributed by atoms with Crippen LogP contribution in [0.5, 0.6) is 5.88 Å². The van der Waals surface area contributed by atoms with E-state index in [-0.39, 0.29) is 49.8 Å². The van der Waals surface area contributed by atoms with E-state index in [0.29, 0.717) is 16.9 Å². The number of hydrogen-bond donors (Lipinski definition) is 2. The summed E-state index contributed by atoms with van der Waals surface area (Å²) in [7, 11) is 0. The molecule has 3 heterocycles. The monoisotopic (exact) mass is 617 g/mol. The summed E-state index contributed by atoms with van der Waals surface area (Å²) in [6.45, 7) is -1.23.